The molecular weight excluding hydrogens is 274 g/mol. The van der Waals surface area contributed by atoms with Crippen LogP contribution in [0.4, 0.5) is 5.69 Å². The molecule has 1 heterocycles. The van der Waals surface area contributed by atoms with Crippen LogP contribution in [0.1, 0.15) is 5.89 Å². The fourth-order valence-corrected chi connectivity index (χ4v) is 1.93. The van der Waals surface area contributed by atoms with Crippen molar-refractivity contribution in [2.45, 2.75) is 12.1 Å². The number of benzene rings is 1. The lowest BCUT2D eigenvalue weighted by Crippen LogP contribution is -2.13. The van der Waals surface area contributed by atoms with Crippen LogP contribution in [-0.2, 0) is 4.79 Å². The highest BCUT2D eigenvalue weighted by atomic mass is 35.5. The molecule has 1 aromatic carbocycles. The van der Waals surface area contributed by atoms with Gasteiger partial charge in [0.25, 0.3) is 5.22 Å². The summed E-state index contributed by atoms with van der Waals surface area (Å²) >= 11 is 6.94. The average Bonchev–Trinajstić information content (AvgIpc) is 2.76. The van der Waals surface area contributed by atoms with Crippen LogP contribution in [0.3, 0.4) is 0 Å². The van der Waals surface area contributed by atoms with E-state index in [9.17, 15) is 4.79 Å². The number of amides is 1. The highest BCUT2D eigenvalue weighted by Crippen LogP contribution is 2.17. The average molecular weight is 284 g/mol. The van der Waals surface area contributed by atoms with Gasteiger partial charge in [0.2, 0.25) is 11.8 Å². The van der Waals surface area contributed by atoms with Gasteiger partial charge in [0.1, 0.15) is 0 Å². The zero-order valence-corrected chi connectivity index (χ0v) is 11.1. The molecule has 1 N–H and O–H groups in total. The Labute approximate surface area is 113 Å². The molecule has 94 valence electrons. The SMILES string of the molecule is Cc1nnc(SCC(=O)Nc2ccc(Cl)cc2)o1. The molecule has 7 heteroatoms. The predicted molar refractivity (Wildman–Crippen MR) is 69.8 cm³/mol. The van der Waals surface area contributed by atoms with E-state index in [-0.39, 0.29) is 11.7 Å². The first-order valence-electron chi connectivity index (χ1n) is 5.12. The molecule has 5 nitrogen and oxygen atoms in total. The second kappa shape index (κ2) is 5.88. The highest BCUT2D eigenvalue weighted by molar-refractivity contribution is 7.99. The second-order valence-electron chi connectivity index (χ2n) is 3.43. The molecule has 0 radical (unpaired) electrons. The topological polar surface area (TPSA) is 68.0 Å². The van der Waals surface area contributed by atoms with Crippen molar-refractivity contribution in [1.82, 2.24) is 10.2 Å². The molecule has 2 rings (SSSR count). The summed E-state index contributed by atoms with van der Waals surface area (Å²) in [6.07, 6.45) is 0. The van der Waals surface area contributed by atoms with Crippen molar-refractivity contribution in [3.63, 3.8) is 0 Å². The molecule has 0 aliphatic rings. The van der Waals surface area contributed by atoms with Crippen molar-refractivity contribution in [3.05, 3.63) is 35.2 Å². The number of carbonyl (C=O) groups is 1. The van der Waals surface area contributed by atoms with Crippen molar-refractivity contribution in [2.75, 3.05) is 11.1 Å². The monoisotopic (exact) mass is 283 g/mol. The summed E-state index contributed by atoms with van der Waals surface area (Å²) in [6.45, 7) is 1.70. The zero-order chi connectivity index (χ0) is 13.0. The highest BCUT2D eigenvalue weighted by Gasteiger charge is 2.07. The number of anilines is 1. The summed E-state index contributed by atoms with van der Waals surface area (Å²) in [5.41, 5.74) is 0.701. The number of halogens is 1. The summed E-state index contributed by atoms with van der Waals surface area (Å²) in [7, 11) is 0. The third kappa shape index (κ3) is 3.75. The number of rotatable bonds is 4. The first-order chi connectivity index (χ1) is 8.63. The van der Waals surface area contributed by atoms with Gasteiger partial charge in [-0.05, 0) is 24.3 Å². The largest absolute Gasteiger partial charge is 0.416 e. The van der Waals surface area contributed by atoms with E-state index in [0.29, 0.717) is 21.8 Å². The van der Waals surface area contributed by atoms with Gasteiger partial charge in [-0.3, -0.25) is 4.79 Å². The fraction of sp³-hybridized carbons (Fsp3) is 0.182. The Bertz CT molecular complexity index is 541. The number of hydrogen-bond donors (Lipinski definition) is 1. The fourth-order valence-electron chi connectivity index (χ4n) is 1.19. The van der Waals surface area contributed by atoms with Gasteiger partial charge in [0, 0.05) is 17.6 Å². The minimum Gasteiger partial charge on any atom is -0.416 e. The normalized spacial score (nSPS) is 10.3. The van der Waals surface area contributed by atoms with E-state index in [0.717, 1.165) is 0 Å². The van der Waals surface area contributed by atoms with Crippen LogP contribution in [-0.4, -0.2) is 21.9 Å². The van der Waals surface area contributed by atoms with E-state index < -0.39 is 0 Å². The standard InChI is InChI=1S/C11H10ClN3O2S/c1-7-14-15-11(17-7)18-6-10(16)13-9-4-2-8(12)3-5-9/h2-5H,6H2,1H3,(H,13,16). The van der Waals surface area contributed by atoms with Crippen LogP contribution >= 0.6 is 23.4 Å². The zero-order valence-electron chi connectivity index (χ0n) is 9.51. The van der Waals surface area contributed by atoms with Crippen molar-refractivity contribution >= 4 is 35.0 Å². The summed E-state index contributed by atoms with van der Waals surface area (Å²) in [5, 5.41) is 11.2. The lowest BCUT2D eigenvalue weighted by molar-refractivity contribution is -0.113. The molecule has 18 heavy (non-hydrogen) atoms. The Hall–Kier alpha value is -1.53. The van der Waals surface area contributed by atoms with Crippen molar-refractivity contribution < 1.29 is 9.21 Å². The summed E-state index contributed by atoms with van der Waals surface area (Å²) in [4.78, 5) is 11.6. The second-order valence-corrected chi connectivity index (χ2v) is 4.79. The first kappa shape index (κ1) is 12.9. The first-order valence-corrected chi connectivity index (χ1v) is 6.48. The number of carbonyl (C=O) groups excluding carboxylic acids is 1. The van der Waals surface area contributed by atoms with Gasteiger partial charge in [-0.25, -0.2) is 0 Å². The molecule has 0 bridgehead atoms. The molecule has 0 aliphatic heterocycles. The van der Waals surface area contributed by atoms with Gasteiger partial charge in [0.15, 0.2) is 0 Å². The van der Waals surface area contributed by atoms with Crippen LogP contribution in [0.2, 0.25) is 5.02 Å². The molecule has 2 aromatic rings. The van der Waals surface area contributed by atoms with Crippen LogP contribution in [0.25, 0.3) is 0 Å². The molecule has 1 amide bonds. The van der Waals surface area contributed by atoms with E-state index in [1.807, 2.05) is 0 Å². The Morgan fingerprint density at radius 1 is 1.39 bits per heavy atom. The molecule has 0 fully saturated rings. The van der Waals surface area contributed by atoms with Gasteiger partial charge in [-0.1, -0.05) is 23.4 Å². The molecular formula is C11H10ClN3O2S. The molecule has 1 aromatic heterocycles. The molecule has 0 atom stereocenters. The number of hydrogen-bond acceptors (Lipinski definition) is 5. The molecule has 0 unspecified atom stereocenters. The Kier molecular flexibility index (Phi) is 4.22. The molecule has 0 saturated carbocycles. The number of thioether (sulfide) groups is 1. The van der Waals surface area contributed by atoms with Crippen molar-refractivity contribution in [2.24, 2.45) is 0 Å². The number of nitrogens with zero attached hydrogens (tertiary/aromatic N) is 2. The lowest BCUT2D eigenvalue weighted by atomic mass is 10.3. The van der Waals surface area contributed by atoms with Gasteiger partial charge in [-0.2, -0.15) is 0 Å². The molecule has 0 spiro atoms. The van der Waals surface area contributed by atoms with E-state index in [1.54, 1.807) is 31.2 Å². The maximum atomic E-state index is 11.6. The third-order valence-corrected chi connectivity index (χ3v) is 3.03. The molecule has 0 saturated heterocycles. The van der Waals surface area contributed by atoms with Crippen molar-refractivity contribution in [1.29, 1.82) is 0 Å². The quantitative estimate of drug-likeness (QED) is 0.874. The van der Waals surface area contributed by atoms with Gasteiger partial charge in [-0.15, -0.1) is 10.2 Å². The van der Waals surface area contributed by atoms with Crippen LogP contribution in [0.15, 0.2) is 33.9 Å². The number of aromatic nitrogens is 2. The Morgan fingerprint density at radius 3 is 2.72 bits per heavy atom. The van der Waals surface area contributed by atoms with E-state index in [2.05, 4.69) is 15.5 Å². The van der Waals surface area contributed by atoms with E-state index in [4.69, 9.17) is 16.0 Å². The smallest absolute Gasteiger partial charge is 0.277 e. The van der Waals surface area contributed by atoms with E-state index in [1.165, 1.54) is 11.8 Å². The van der Waals surface area contributed by atoms with Gasteiger partial charge < -0.3 is 9.73 Å². The summed E-state index contributed by atoms with van der Waals surface area (Å²) in [6, 6.07) is 6.90. The van der Waals surface area contributed by atoms with Crippen LogP contribution < -0.4 is 5.32 Å². The predicted octanol–water partition coefficient (Wildman–Crippen LogP) is 2.76. The maximum absolute atomic E-state index is 11.6. The van der Waals surface area contributed by atoms with Crippen molar-refractivity contribution in [3.8, 4) is 0 Å². The van der Waals surface area contributed by atoms with Gasteiger partial charge in [0.05, 0.1) is 5.75 Å². The number of nitrogens with one attached hydrogen (secondary N) is 1. The van der Waals surface area contributed by atoms with Crippen LogP contribution in [0.5, 0.6) is 0 Å². The molecule has 0 aliphatic carbocycles. The van der Waals surface area contributed by atoms with Gasteiger partial charge >= 0.3 is 0 Å². The lowest BCUT2D eigenvalue weighted by Gasteiger charge is -2.03. The third-order valence-electron chi connectivity index (χ3n) is 1.96. The minimum atomic E-state index is -0.141. The summed E-state index contributed by atoms with van der Waals surface area (Å²) < 4.78 is 5.14. The summed E-state index contributed by atoms with van der Waals surface area (Å²) in [5.74, 6) is 0.554. The minimum absolute atomic E-state index is 0.141. The van der Waals surface area contributed by atoms with Crippen LogP contribution in [0, 0.1) is 6.92 Å². The Balaban J connectivity index is 1.83. The Morgan fingerprint density at radius 2 is 2.11 bits per heavy atom. The number of aryl methyl sites for hydroxylation is 1. The van der Waals surface area contributed by atoms with E-state index >= 15 is 0 Å². The maximum Gasteiger partial charge on any atom is 0.277 e.